The van der Waals surface area contributed by atoms with E-state index in [1.807, 2.05) is 13.0 Å². The molecule has 0 radical (unpaired) electrons. The molecule has 1 saturated heterocycles. The summed E-state index contributed by atoms with van der Waals surface area (Å²) in [6.45, 7) is 2.89. The van der Waals surface area contributed by atoms with Crippen molar-refractivity contribution in [2.24, 2.45) is 5.84 Å². The van der Waals surface area contributed by atoms with Crippen LogP contribution in [0.1, 0.15) is 43.2 Å². The zero-order valence-corrected chi connectivity index (χ0v) is 12.2. The second-order valence-electron chi connectivity index (χ2n) is 5.70. The molecule has 3 N–H and O–H groups in total. The van der Waals surface area contributed by atoms with Gasteiger partial charge in [-0.2, -0.15) is 0 Å². The molecule has 0 aliphatic carbocycles. The largest absolute Gasteiger partial charge is 0.378 e. The predicted octanol–water partition coefficient (Wildman–Crippen LogP) is 2.86. The SMILES string of the molecule is Cc1ccc(F)cc1CC(CCC1CCCCO1)NN. The van der Waals surface area contributed by atoms with E-state index in [2.05, 4.69) is 5.43 Å². The Bertz CT molecular complexity index is 419. The number of hydrogen-bond acceptors (Lipinski definition) is 3. The molecule has 1 heterocycles. The molecule has 2 rings (SSSR count). The molecule has 1 aromatic carbocycles. The summed E-state index contributed by atoms with van der Waals surface area (Å²) in [5, 5.41) is 0. The maximum absolute atomic E-state index is 13.3. The highest BCUT2D eigenvalue weighted by Crippen LogP contribution is 2.19. The predicted molar refractivity (Wildman–Crippen MR) is 78.8 cm³/mol. The number of rotatable bonds is 6. The zero-order valence-electron chi connectivity index (χ0n) is 12.2. The van der Waals surface area contributed by atoms with E-state index < -0.39 is 0 Å². The highest BCUT2D eigenvalue weighted by molar-refractivity contribution is 5.27. The van der Waals surface area contributed by atoms with Crippen LogP contribution in [0.4, 0.5) is 4.39 Å². The minimum absolute atomic E-state index is 0.168. The first-order valence-electron chi connectivity index (χ1n) is 7.52. The van der Waals surface area contributed by atoms with Crippen molar-refractivity contribution >= 4 is 0 Å². The first-order chi connectivity index (χ1) is 9.69. The van der Waals surface area contributed by atoms with Crippen LogP contribution in [0.15, 0.2) is 18.2 Å². The number of halogens is 1. The van der Waals surface area contributed by atoms with Gasteiger partial charge in [0.25, 0.3) is 0 Å². The second-order valence-corrected chi connectivity index (χ2v) is 5.70. The molecule has 0 bridgehead atoms. The molecule has 1 fully saturated rings. The molecule has 1 aromatic rings. The summed E-state index contributed by atoms with van der Waals surface area (Å²) in [6.07, 6.45) is 6.68. The fourth-order valence-corrected chi connectivity index (χ4v) is 2.79. The Hall–Kier alpha value is -0.970. The van der Waals surface area contributed by atoms with Gasteiger partial charge in [0.2, 0.25) is 0 Å². The summed E-state index contributed by atoms with van der Waals surface area (Å²) in [5.41, 5.74) is 5.00. The molecule has 0 spiro atoms. The molecule has 1 aliphatic heterocycles. The molecular weight excluding hydrogens is 255 g/mol. The lowest BCUT2D eigenvalue weighted by Crippen LogP contribution is -2.38. The van der Waals surface area contributed by atoms with E-state index in [1.165, 1.54) is 18.9 Å². The standard InChI is InChI=1S/C16H25FN2O/c1-12-5-6-14(17)10-13(12)11-15(19-18)7-8-16-4-2-3-9-20-16/h5-6,10,15-16,19H,2-4,7-9,11,18H2,1H3. The number of nitrogens with two attached hydrogens (primary N) is 1. The normalized spacial score (nSPS) is 20.9. The third-order valence-electron chi connectivity index (χ3n) is 4.12. The van der Waals surface area contributed by atoms with Gasteiger partial charge in [-0.05, 0) is 68.7 Å². The van der Waals surface area contributed by atoms with Gasteiger partial charge in [0.15, 0.2) is 0 Å². The second kappa shape index (κ2) is 7.72. The van der Waals surface area contributed by atoms with Gasteiger partial charge in [-0.1, -0.05) is 6.07 Å². The molecule has 2 atom stereocenters. The van der Waals surface area contributed by atoms with Crippen LogP contribution in [-0.4, -0.2) is 18.8 Å². The number of hydrogen-bond donors (Lipinski definition) is 2. The molecule has 0 aromatic heterocycles. The molecule has 0 amide bonds. The van der Waals surface area contributed by atoms with Gasteiger partial charge in [-0.15, -0.1) is 0 Å². The first-order valence-corrected chi connectivity index (χ1v) is 7.52. The Morgan fingerprint density at radius 1 is 1.45 bits per heavy atom. The van der Waals surface area contributed by atoms with E-state index in [1.54, 1.807) is 6.07 Å². The molecule has 2 unspecified atom stereocenters. The van der Waals surface area contributed by atoms with E-state index in [0.717, 1.165) is 43.4 Å². The van der Waals surface area contributed by atoms with Gasteiger partial charge in [0.05, 0.1) is 6.10 Å². The molecule has 1 aliphatic rings. The molecular formula is C16H25FN2O. The topological polar surface area (TPSA) is 47.3 Å². The quantitative estimate of drug-likeness (QED) is 0.622. The third-order valence-corrected chi connectivity index (χ3v) is 4.12. The fourth-order valence-electron chi connectivity index (χ4n) is 2.79. The van der Waals surface area contributed by atoms with Crippen LogP contribution >= 0.6 is 0 Å². The monoisotopic (exact) mass is 280 g/mol. The number of benzene rings is 1. The van der Waals surface area contributed by atoms with E-state index in [0.29, 0.717) is 6.10 Å². The van der Waals surface area contributed by atoms with E-state index in [9.17, 15) is 4.39 Å². The molecule has 4 heteroatoms. The van der Waals surface area contributed by atoms with Crippen LogP contribution < -0.4 is 11.3 Å². The van der Waals surface area contributed by atoms with Gasteiger partial charge in [-0.3, -0.25) is 11.3 Å². The average Bonchev–Trinajstić information content (AvgIpc) is 2.48. The molecule has 0 saturated carbocycles. The van der Waals surface area contributed by atoms with Crippen molar-refractivity contribution in [2.45, 2.75) is 57.6 Å². The fraction of sp³-hybridized carbons (Fsp3) is 0.625. The summed E-state index contributed by atoms with van der Waals surface area (Å²) in [4.78, 5) is 0. The Kier molecular flexibility index (Phi) is 5.95. The van der Waals surface area contributed by atoms with Crippen molar-refractivity contribution in [1.82, 2.24) is 5.43 Å². The minimum Gasteiger partial charge on any atom is -0.378 e. The van der Waals surface area contributed by atoms with Crippen molar-refractivity contribution < 1.29 is 9.13 Å². The average molecular weight is 280 g/mol. The van der Waals surface area contributed by atoms with Crippen LogP contribution in [0.3, 0.4) is 0 Å². The number of nitrogens with one attached hydrogen (secondary N) is 1. The third kappa shape index (κ3) is 4.54. The zero-order chi connectivity index (χ0) is 14.4. The van der Waals surface area contributed by atoms with Crippen LogP contribution in [-0.2, 0) is 11.2 Å². The summed E-state index contributed by atoms with van der Waals surface area (Å²) in [5.74, 6) is 5.46. The number of ether oxygens (including phenoxy) is 1. The lowest BCUT2D eigenvalue weighted by Gasteiger charge is -2.25. The Morgan fingerprint density at radius 2 is 2.30 bits per heavy atom. The smallest absolute Gasteiger partial charge is 0.123 e. The van der Waals surface area contributed by atoms with E-state index in [-0.39, 0.29) is 11.9 Å². The van der Waals surface area contributed by atoms with Crippen molar-refractivity contribution in [3.05, 3.63) is 35.1 Å². The van der Waals surface area contributed by atoms with Gasteiger partial charge in [-0.25, -0.2) is 4.39 Å². The van der Waals surface area contributed by atoms with Gasteiger partial charge < -0.3 is 4.74 Å². The van der Waals surface area contributed by atoms with Crippen molar-refractivity contribution in [3.63, 3.8) is 0 Å². The Labute approximate surface area is 120 Å². The summed E-state index contributed by atoms with van der Waals surface area (Å²) in [6, 6.07) is 5.10. The lowest BCUT2D eigenvalue weighted by molar-refractivity contribution is 0.00858. The first kappa shape index (κ1) is 15.4. The summed E-state index contributed by atoms with van der Waals surface area (Å²) in [7, 11) is 0. The van der Waals surface area contributed by atoms with E-state index >= 15 is 0 Å². The highest BCUT2D eigenvalue weighted by Gasteiger charge is 2.17. The maximum Gasteiger partial charge on any atom is 0.123 e. The number of aryl methyl sites for hydroxylation is 1. The van der Waals surface area contributed by atoms with Gasteiger partial charge in [0.1, 0.15) is 5.82 Å². The van der Waals surface area contributed by atoms with Crippen molar-refractivity contribution in [3.8, 4) is 0 Å². The minimum atomic E-state index is -0.183. The van der Waals surface area contributed by atoms with Crippen molar-refractivity contribution in [2.75, 3.05) is 6.61 Å². The molecule has 3 nitrogen and oxygen atoms in total. The maximum atomic E-state index is 13.3. The molecule has 112 valence electrons. The van der Waals surface area contributed by atoms with E-state index in [4.69, 9.17) is 10.6 Å². The van der Waals surface area contributed by atoms with Crippen LogP contribution in [0.2, 0.25) is 0 Å². The summed E-state index contributed by atoms with van der Waals surface area (Å²) < 4.78 is 19.0. The van der Waals surface area contributed by atoms with Gasteiger partial charge in [0, 0.05) is 12.6 Å². The van der Waals surface area contributed by atoms with Crippen LogP contribution in [0.25, 0.3) is 0 Å². The van der Waals surface area contributed by atoms with Gasteiger partial charge >= 0.3 is 0 Å². The highest BCUT2D eigenvalue weighted by atomic mass is 19.1. The Morgan fingerprint density at radius 3 is 3.00 bits per heavy atom. The molecule has 20 heavy (non-hydrogen) atoms. The number of hydrazine groups is 1. The van der Waals surface area contributed by atoms with Crippen molar-refractivity contribution in [1.29, 1.82) is 0 Å². The van der Waals surface area contributed by atoms with Crippen LogP contribution in [0, 0.1) is 12.7 Å². The summed E-state index contributed by atoms with van der Waals surface area (Å²) >= 11 is 0. The lowest BCUT2D eigenvalue weighted by atomic mass is 9.96. The Balaban J connectivity index is 1.86. The van der Waals surface area contributed by atoms with Crippen LogP contribution in [0.5, 0.6) is 0 Å².